The molecule has 1 aromatic carbocycles. The molecule has 1 amide bonds. The van der Waals surface area contributed by atoms with Crippen LogP contribution in [0, 0.1) is 0 Å². The largest absolute Gasteiger partial charge is 0.493 e. The molecule has 1 N–H and O–H groups in total. The Kier molecular flexibility index (Phi) is 9.12. The Bertz CT molecular complexity index is 568. The van der Waals surface area contributed by atoms with Crippen LogP contribution in [0.3, 0.4) is 0 Å². The molecule has 6 heteroatoms. The number of thioether (sulfide) groups is 1. The van der Waals surface area contributed by atoms with Gasteiger partial charge in [0.2, 0.25) is 5.91 Å². The number of ether oxygens (including phenoxy) is 2. The molecule has 0 spiro atoms. The lowest BCUT2D eigenvalue weighted by Gasteiger charge is -2.35. The predicted octanol–water partition coefficient (Wildman–Crippen LogP) is 3.57. The van der Waals surface area contributed by atoms with Gasteiger partial charge in [0.1, 0.15) is 0 Å². The first-order chi connectivity index (χ1) is 12.7. The van der Waals surface area contributed by atoms with Crippen LogP contribution in [0.15, 0.2) is 23.1 Å². The zero-order valence-electron chi connectivity index (χ0n) is 16.3. The van der Waals surface area contributed by atoms with Crippen molar-refractivity contribution < 1.29 is 14.3 Å². The second-order valence-corrected chi connectivity index (χ2v) is 7.65. The second kappa shape index (κ2) is 11.3. The average molecular weight is 381 g/mol. The third-order valence-electron chi connectivity index (χ3n) is 4.89. The minimum absolute atomic E-state index is 0.0791. The van der Waals surface area contributed by atoms with Crippen molar-refractivity contribution in [2.75, 3.05) is 39.6 Å². The Hall–Kier alpha value is -1.40. The van der Waals surface area contributed by atoms with Crippen molar-refractivity contribution in [3.05, 3.63) is 18.2 Å². The zero-order valence-corrected chi connectivity index (χ0v) is 17.1. The van der Waals surface area contributed by atoms with Crippen LogP contribution in [0.5, 0.6) is 11.5 Å². The lowest BCUT2D eigenvalue weighted by atomic mass is 10.00. The van der Waals surface area contributed by atoms with Gasteiger partial charge in [0.05, 0.1) is 20.0 Å². The van der Waals surface area contributed by atoms with E-state index in [1.54, 1.807) is 14.2 Å². The summed E-state index contributed by atoms with van der Waals surface area (Å²) in [5.41, 5.74) is 0. The third kappa shape index (κ3) is 6.40. The number of nitrogens with one attached hydrogen (secondary N) is 1. The van der Waals surface area contributed by atoms with Gasteiger partial charge < -0.3 is 19.7 Å². The third-order valence-corrected chi connectivity index (χ3v) is 5.88. The number of carbonyl (C=O) groups excluding carboxylic acids is 1. The Morgan fingerprint density at radius 1 is 1.27 bits per heavy atom. The number of nitrogens with zero attached hydrogens (tertiary/aromatic N) is 1. The summed E-state index contributed by atoms with van der Waals surface area (Å²) in [7, 11) is 3.23. The van der Waals surface area contributed by atoms with Gasteiger partial charge in [-0.25, -0.2) is 0 Å². The topological polar surface area (TPSA) is 50.8 Å². The van der Waals surface area contributed by atoms with Gasteiger partial charge in [0, 0.05) is 24.0 Å². The number of rotatable bonds is 10. The van der Waals surface area contributed by atoms with Crippen molar-refractivity contribution in [2.45, 2.75) is 50.0 Å². The fraction of sp³-hybridized carbons (Fsp3) is 0.650. The van der Waals surface area contributed by atoms with Crippen molar-refractivity contribution in [1.29, 1.82) is 0 Å². The number of methoxy groups -OCH3 is 2. The summed E-state index contributed by atoms with van der Waals surface area (Å²) >= 11 is 1.51. The molecular formula is C20H32N2O3S. The van der Waals surface area contributed by atoms with Crippen LogP contribution in [0.4, 0.5) is 0 Å². The van der Waals surface area contributed by atoms with Crippen molar-refractivity contribution in [3.8, 4) is 11.5 Å². The SMILES string of the molecule is CC[C@H]1CCCCN1CCCNC(=O)CSc1ccc(OC)c(OC)c1. The van der Waals surface area contributed by atoms with E-state index in [1.807, 2.05) is 18.2 Å². The summed E-state index contributed by atoms with van der Waals surface area (Å²) in [5, 5.41) is 3.03. The summed E-state index contributed by atoms with van der Waals surface area (Å²) in [4.78, 5) is 15.7. The number of benzene rings is 1. The van der Waals surface area contributed by atoms with E-state index in [2.05, 4.69) is 17.1 Å². The van der Waals surface area contributed by atoms with Gasteiger partial charge in [-0.2, -0.15) is 0 Å². The van der Waals surface area contributed by atoms with Crippen molar-refractivity contribution in [2.24, 2.45) is 0 Å². The van der Waals surface area contributed by atoms with Crippen molar-refractivity contribution >= 4 is 17.7 Å². The van der Waals surface area contributed by atoms with Crippen LogP contribution >= 0.6 is 11.8 Å². The molecule has 0 aromatic heterocycles. The van der Waals surface area contributed by atoms with Gasteiger partial charge in [0.15, 0.2) is 11.5 Å². The summed E-state index contributed by atoms with van der Waals surface area (Å²) in [6, 6.07) is 6.44. The summed E-state index contributed by atoms with van der Waals surface area (Å²) in [5.74, 6) is 1.88. The molecule has 0 radical (unpaired) electrons. The fourth-order valence-corrected chi connectivity index (χ4v) is 4.19. The molecule has 1 fully saturated rings. The van der Waals surface area contributed by atoms with E-state index in [4.69, 9.17) is 9.47 Å². The molecule has 0 bridgehead atoms. The molecule has 1 aromatic rings. The normalized spacial score (nSPS) is 17.7. The number of hydrogen-bond donors (Lipinski definition) is 1. The summed E-state index contributed by atoms with van der Waals surface area (Å²) in [6.07, 6.45) is 6.24. The Balaban J connectivity index is 1.66. The van der Waals surface area contributed by atoms with Gasteiger partial charge in [-0.05, 0) is 50.4 Å². The Morgan fingerprint density at radius 3 is 2.81 bits per heavy atom. The molecule has 0 aliphatic carbocycles. The van der Waals surface area contributed by atoms with E-state index >= 15 is 0 Å². The summed E-state index contributed by atoms with van der Waals surface area (Å²) in [6.45, 7) is 5.32. The average Bonchev–Trinajstić information content (AvgIpc) is 2.69. The van der Waals surface area contributed by atoms with Crippen molar-refractivity contribution in [1.82, 2.24) is 10.2 Å². The smallest absolute Gasteiger partial charge is 0.230 e. The number of hydrogen-bond acceptors (Lipinski definition) is 5. The predicted molar refractivity (Wildman–Crippen MR) is 107 cm³/mol. The molecular weight excluding hydrogens is 348 g/mol. The van der Waals surface area contributed by atoms with E-state index in [0.29, 0.717) is 17.3 Å². The molecule has 5 nitrogen and oxygen atoms in total. The monoisotopic (exact) mass is 380 g/mol. The second-order valence-electron chi connectivity index (χ2n) is 6.60. The first-order valence-corrected chi connectivity index (χ1v) is 10.5. The quantitative estimate of drug-likeness (QED) is 0.497. The summed E-state index contributed by atoms with van der Waals surface area (Å²) < 4.78 is 10.5. The highest BCUT2D eigenvalue weighted by atomic mass is 32.2. The van der Waals surface area contributed by atoms with Gasteiger partial charge >= 0.3 is 0 Å². The van der Waals surface area contributed by atoms with Crippen LogP contribution in [-0.4, -0.2) is 56.5 Å². The zero-order chi connectivity index (χ0) is 18.8. The lowest BCUT2D eigenvalue weighted by molar-refractivity contribution is -0.118. The van der Waals surface area contributed by atoms with Gasteiger partial charge in [-0.15, -0.1) is 11.8 Å². The molecule has 1 saturated heterocycles. The van der Waals surface area contributed by atoms with E-state index in [9.17, 15) is 4.79 Å². The maximum atomic E-state index is 12.1. The molecule has 26 heavy (non-hydrogen) atoms. The standard InChI is InChI=1S/C20H32N2O3S/c1-4-16-8-5-6-12-22(16)13-7-11-21-20(23)15-26-17-9-10-18(24-2)19(14-17)25-3/h9-10,14,16H,4-8,11-13,15H2,1-3H3,(H,21,23)/t16-/m0/s1. The lowest BCUT2D eigenvalue weighted by Crippen LogP contribution is -2.40. The van der Waals surface area contributed by atoms with Crippen LogP contribution in [-0.2, 0) is 4.79 Å². The first-order valence-electron chi connectivity index (χ1n) is 9.53. The first kappa shape index (κ1) is 20.9. The fourth-order valence-electron chi connectivity index (χ4n) is 3.43. The molecule has 1 heterocycles. The number of amides is 1. The van der Waals surface area contributed by atoms with Crippen LogP contribution in [0.1, 0.15) is 39.0 Å². The molecule has 1 atom stereocenters. The number of piperidine rings is 1. The van der Waals surface area contributed by atoms with E-state index < -0.39 is 0 Å². The maximum absolute atomic E-state index is 12.1. The van der Waals surface area contributed by atoms with E-state index in [0.717, 1.165) is 30.4 Å². The molecule has 1 aliphatic heterocycles. The van der Waals surface area contributed by atoms with Gasteiger partial charge in [-0.1, -0.05) is 13.3 Å². The highest BCUT2D eigenvalue weighted by molar-refractivity contribution is 8.00. The van der Waals surface area contributed by atoms with Gasteiger partial charge in [-0.3, -0.25) is 4.79 Å². The Morgan fingerprint density at radius 2 is 2.08 bits per heavy atom. The number of carbonyl (C=O) groups is 1. The van der Waals surface area contributed by atoms with Crippen LogP contribution in [0.2, 0.25) is 0 Å². The molecule has 0 unspecified atom stereocenters. The minimum atomic E-state index is 0.0791. The Labute approximate surface area is 161 Å². The molecule has 1 aliphatic rings. The van der Waals surface area contributed by atoms with Crippen molar-refractivity contribution in [3.63, 3.8) is 0 Å². The van der Waals surface area contributed by atoms with E-state index in [1.165, 1.54) is 44.0 Å². The van der Waals surface area contributed by atoms with E-state index in [-0.39, 0.29) is 5.91 Å². The van der Waals surface area contributed by atoms with Crippen LogP contribution < -0.4 is 14.8 Å². The molecule has 146 valence electrons. The maximum Gasteiger partial charge on any atom is 0.230 e. The minimum Gasteiger partial charge on any atom is -0.493 e. The van der Waals surface area contributed by atoms with Gasteiger partial charge in [0.25, 0.3) is 0 Å². The number of likely N-dealkylation sites (tertiary alicyclic amines) is 1. The highest BCUT2D eigenvalue weighted by Gasteiger charge is 2.19. The molecule has 2 rings (SSSR count). The molecule has 0 saturated carbocycles. The highest BCUT2D eigenvalue weighted by Crippen LogP contribution is 2.31. The van der Waals surface area contributed by atoms with Crippen LogP contribution in [0.25, 0.3) is 0 Å².